The molecule has 0 aliphatic rings. The second-order valence-electron chi connectivity index (χ2n) is 4.55. The van der Waals surface area contributed by atoms with Gasteiger partial charge in [-0.25, -0.2) is 4.79 Å². The Bertz CT molecular complexity index is 669. The van der Waals surface area contributed by atoms with E-state index < -0.39 is 18.0 Å². The maximum absolute atomic E-state index is 12.0. The van der Waals surface area contributed by atoms with Crippen molar-refractivity contribution >= 4 is 40.8 Å². The van der Waals surface area contributed by atoms with Gasteiger partial charge in [-0.1, -0.05) is 23.2 Å². The molecule has 0 fully saturated rings. The van der Waals surface area contributed by atoms with Crippen LogP contribution in [0.15, 0.2) is 48.5 Å². The molecule has 1 N–H and O–H groups in total. The molecule has 22 heavy (non-hydrogen) atoms. The molecule has 0 unspecified atom stereocenters. The second kappa shape index (κ2) is 7.29. The van der Waals surface area contributed by atoms with Gasteiger partial charge < -0.3 is 10.1 Å². The van der Waals surface area contributed by atoms with Gasteiger partial charge in [0.05, 0.1) is 5.56 Å². The summed E-state index contributed by atoms with van der Waals surface area (Å²) in [5.41, 5.74) is 0.902. The molecule has 2 aromatic rings. The van der Waals surface area contributed by atoms with E-state index in [1.807, 2.05) is 0 Å². The summed E-state index contributed by atoms with van der Waals surface area (Å²) in [4.78, 5) is 23.9. The highest BCUT2D eigenvalue weighted by Crippen LogP contribution is 2.15. The molecule has 0 radical (unpaired) electrons. The number of benzene rings is 2. The fourth-order valence-corrected chi connectivity index (χ4v) is 1.90. The normalized spacial score (nSPS) is 11.6. The number of amides is 1. The molecule has 0 saturated heterocycles. The Labute approximate surface area is 138 Å². The molecule has 2 rings (SSSR count). The average Bonchev–Trinajstić information content (AvgIpc) is 2.50. The third-order valence-electron chi connectivity index (χ3n) is 2.84. The Hall–Kier alpha value is -2.04. The highest BCUT2D eigenvalue weighted by atomic mass is 35.5. The van der Waals surface area contributed by atoms with Gasteiger partial charge in [-0.3, -0.25) is 4.79 Å². The minimum atomic E-state index is -0.932. The van der Waals surface area contributed by atoms with Crippen molar-refractivity contribution in [3.8, 4) is 0 Å². The summed E-state index contributed by atoms with van der Waals surface area (Å²) < 4.78 is 5.11. The molecular formula is C16H13Cl2NO3. The van der Waals surface area contributed by atoms with Crippen LogP contribution in [0.3, 0.4) is 0 Å². The smallest absolute Gasteiger partial charge is 0.338 e. The van der Waals surface area contributed by atoms with Crippen LogP contribution in [-0.4, -0.2) is 18.0 Å². The number of hydrogen-bond acceptors (Lipinski definition) is 3. The lowest BCUT2D eigenvalue weighted by Gasteiger charge is -2.13. The van der Waals surface area contributed by atoms with E-state index in [9.17, 15) is 9.59 Å². The van der Waals surface area contributed by atoms with Crippen LogP contribution >= 0.6 is 23.2 Å². The van der Waals surface area contributed by atoms with E-state index in [0.717, 1.165) is 0 Å². The van der Waals surface area contributed by atoms with Crippen molar-refractivity contribution in [1.29, 1.82) is 0 Å². The number of esters is 1. The lowest BCUT2D eigenvalue weighted by Crippen LogP contribution is -2.29. The van der Waals surface area contributed by atoms with Crippen LogP contribution in [0.2, 0.25) is 10.0 Å². The Balaban J connectivity index is 1.94. The Morgan fingerprint density at radius 3 is 2.00 bits per heavy atom. The molecule has 1 atom stereocenters. The Morgan fingerprint density at radius 1 is 0.955 bits per heavy atom. The molecule has 114 valence electrons. The number of halogens is 2. The lowest BCUT2D eigenvalue weighted by molar-refractivity contribution is -0.123. The van der Waals surface area contributed by atoms with Crippen LogP contribution in [0.1, 0.15) is 17.3 Å². The monoisotopic (exact) mass is 337 g/mol. The largest absolute Gasteiger partial charge is 0.449 e. The van der Waals surface area contributed by atoms with E-state index >= 15 is 0 Å². The molecule has 0 aliphatic heterocycles. The van der Waals surface area contributed by atoms with Crippen LogP contribution in [0.5, 0.6) is 0 Å². The first-order valence-corrected chi connectivity index (χ1v) is 7.24. The van der Waals surface area contributed by atoms with E-state index in [2.05, 4.69) is 5.32 Å². The fourth-order valence-electron chi connectivity index (χ4n) is 1.65. The summed E-state index contributed by atoms with van der Waals surface area (Å²) in [5.74, 6) is -1.01. The highest BCUT2D eigenvalue weighted by Gasteiger charge is 2.19. The summed E-state index contributed by atoms with van der Waals surface area (Å²) in [6.07, 6.45) is -0.932. The van der Waals surface area contributed by atoms with E-state index in [0.29, 0.717) is 21.3 Å². The number of hydrogen-bond donors (Lipinski definition) is 1. The van der Waals surface area contributed by atoms with Gasteiger partial charge in [-0.2, -0.15) is 0 Å². The Morgan fingerprint density at radius 2 is 1.45 bits per heavy atom. The van der Waals surface area contributed by atoms with Crippen LogP contribution in [0.4, 0.5) is 5.69 Å². The van der Waals surface area contributed by atoms with Crippen molar-refractivity contribution in [1.82, 2.24) is 0 Å². The maximum atomic E-state index is 12.0. The minimum Gasteiger partial charge on any atom is -0.449 e. The van der Waals surface area contributed by atoms with Crippen molar-refractivity contribution in [2.24, 2.45) is 0 Å². The van der Waals surface area contributed by atoms with Gasteiger partial charge in [0.2, 0.25) is 0 Å². The molecule has 0 spiro atoms. The van der Waals surface area contributed by atoms with Crippen LogP contribution in [0, 0.1) is 0 Å². The van der Waals surface area contributed by atoms with Gasteiger partial charge in [-0.05, 0) is 55.5 Å². The average molecular weight is 338 g/mol. The first-order chi connectivity index (χ1) is 10.5. The number of rotatable bonds is 4. The van der Waals surface area contributed by atoms with Gasteiger partial charge >= 0.3 is 5.97 Å². The van der Waals surface area contributed by atoms with Gasteiger partial charge in [0.25, 0.3) is 5.91 Å². The molecule has 0 saturated carbocycles. The van der Waals surface area contributed by atoms with E-state index in [4.69, 9.17) is 27.9 Å². The van der Waals surface area contributed by atoms with Crippen molar-refractivity contribution in [2.75, 3.05) is 5.32 Å². The molecular weight excluding hydrogens is 325 g/mol. The molecule has 0 aliphatic carbocycles. The molecule has 1 amide bonds. The topological polar surface area (TPSA) is 55.4 Å². The number of ether oxygens (including phenoxy) is 1. The van der Waals surface area contributed by atoms with Crippen molar-refractivity contribution in [3.05, 3.63) is 64.1 Å². The van der Waals surface area contributed by atoms with Crippen LogP contribution in [0.25, 0.3) is 0 Å². The first kappa shape index (κ1) is 16.3. The molecule has 0 aromatic heterocycles. The van der Waals surface area contributed by atoms with Crippen LogP contribution in [-0.2, 0) is 9.53 Å². The molecule has 6 heteroatoms. The third kappa shape index (κ3) is 4.48. The van der Waals surface area contributed by atoms with Gasteiger partial charge in [0, 0.05) is 15.7 Å². The summed E-state index contributed by atoms with van der Waals surface area (Å²) >= 11 is 11.5. The molecule has 2 aromatic carbocycles. The predicted octanol–water partition coefficient (Wildman–Crippen LogP) is 4.18. The number of nitrogens with one attached hydrogen (secondary N) is 1. The standard InChI is InChI=1S/C16H13Cl2NO3/c1-10(15(20)19-14-8-6-13(18)7-9-14)22-16(21)11-2-4-12(17)5-3-11/h2-10H,1H3,(H,19,20)/t10-/m0/s1. The zero-order valence-corrected chi connectivity index (χ0v) is 13.2. The lowest BCUT2D eigenvalue weighted by atomic mass is 10.2. The highest BCUT2D eigenvalue weighted by molar-refractivity contribution is 6.31. The zero-order valence-electron chi connectivity index (χ0n) is 11.7. The number of carbonyl (C=O) groups excluding carboxylic acids is 2. The first-order valence-electron chi connectivity index (χ1n) is 6.48. The maximum Gasteiger partial charge on any atom is 0.338 e. The summed E-state index contributed by atoms with van der Waals surface area (Å²) in [7, 11) is 0. The van der Waals surface area contributed by atoms with Crippen molar-refractivity contribution in [2.45, 2.75) is 13.0 Å². The number of anilines is 1. The molecule has 4 nitrogen and oxygen atoms in total. The fraction of sp³-hybridized carbons (Fsp3) is 0.125. The predicted molar refractivity (Wildman–Crippen MR) is 86.4 cm³/mol. The molecule has 0 heterocycles. The Kier molecular flexibility index (Phi) is 5.41. The summed E-state index contributed by atoms with van der Waals surface area (Å²) in [5, 5.41) is 3.73. The minimum absolute atomic E-state index is 0.329. The molecule has 0 bridgehead atoms. The third-order valence-corrected chi connectivity index (χ3v) is 3.35. The van der Waals surface area contributed by atoms with Crippen molar-refractivity contribution < 1.29 is 14.3 Å². The van der Waals surface area contributed by atoms with Crippen LogP contribution < -0.4 is 5.32 Å². The van der Waals surface area contributed by atoms with Gasteiger partial charge in [0.1, 0.15) is 0 Å². The van der Waals surface area contributed by atoms with E-state index in [-0.39, 0.29) is 0 Å². The summed E-state index contributed by atoms with van der Waals surface area (Å²) in [6, 6.07) is 12.9. The van der Waals surface area contributed by atoms with E-state index in [1.54, 1.807) is 36.4 Å². The quantitative estimate of drug-likeness (QED) is 0.851. The SMILES string of the molecule is C[C@H](OC(=O)c1ccc(Cl)cc1)C(=O)Nc1ccc(Cl)cc1. The zero-order chi connectivity index (χ0) is 16.1. The summed E-state index contributed by atoms with van der Waals surface area (Å²) in [6.45, 7) is 1.50. The second-order valence-corrected chi connectivity index (χ2v) is 5.42. The van der Waals surface area contributed by atoms with Gasteiger partial charge in [0.15, 0.2) is 6.10 Å². The number of carbonyl (C=O) groups is 2. The van der Waals surface area contributed by atoms with E-state index in [1.165, 1.54) is 19.1 Å². The van der Waals surface area contributed by atoms with Gasteiger partial charge in [-0.15, -0.1) is 0 Å². The van der Waals surface area contributed by atoms with Crippen molar-refractivity contribution in [3.63, 3.8) is 0 Å².